The number of halogens is 4. The molecule has 7 aliphatic rings. The van der Waals surface area contributed by atoms with Crippen LogP contribution in [0.4, 0.5) is 5.13 Å². The molecule has 0 saturated carbocycles. The Bertz CT molecular complexity index is 4840. The first-order valence-corrected chi connectivity index (χ1v) is 49.0. The number of Topliss-reactive ketones (excluding diaryl/α,β-unsaturated/α-hetero) is 1. The van der Waals surface area contributed by atoms with Gasteiger partial charge in [0.25, 0.3) is 0 Å². The van der Waals surface area contributed by atoms with Crippen LogP contribution in [-0.4, -0.2) is 296 Å². The first-order chi connectivity index (χ1) is 65.8. The monoisotopic (exact) mass is 2160 g/mol. The summed E-state index contributed by atoms with van der Waals surface area (Å²) in [5.41, 5.74) is 9.86. The van der Waals surface area contributed by atoms with Gasteiger partial charge in [-0.15, -0.1) is 22.9 Å². The van der Waals surface area contributed by atoms with E-state index in [1.165, 1.54) is 5.56 Å². The topological polar surface area (TPSA) is 383 Å². The van der Waals surface area contributed by atoms with Gasteiger partial charge in [-0.05, 0) is 197 Å². The first-order valence-electron chi connectivity index (χ1n) is 44.3. The molecule has 40 heteroatoms. The number of benzene rings is 6. The van der Waals surface area contributed by atoms with Crippen LogP contribution >= 0.6 is 67.0 Å². The number of nitriles is 2. The summed E-state index contributed by atoms with van der Waals surface area (Å²) in [6.07, 6.45) is 8.38. The number of thiocarbonyl (C=S) groups is 1. The van der Waals surface area contributed by atoms with E-state index in [0.717, 1.165) is 172 Å². The molecular formula is C99H138Br2Cl2N8Na2O24S2. The number of methoxy groups -OCH3 is 12. The molecule has 139 heavy (non-hydrogen) atoms. The van der Waals surface area contributed by atoms with Gasteiger partial charge in [0, 0.05) is 140 Å². The number of ketones is 1. The number of carbonyl (C=O) groups is 3. The van der Waals surface area contributed by atoms with Crippen molar-refractivity contribution in [3.05, 3.63) is 154 Å². The number of hydrogen-bond donors (Lipinski definition) is 2. The van der Waals surface area contributed by atoms with E-state index in [-0.39, 0.29) is 85.0 Å². The van der Waals surface area contributed by atoms with Crippen LogP contribution in [0.2, 0.25) is 0 Å². The smallest absolute Gasteiger partial charge is 1.00 e. The number of thiazole rings is 1. The number of ether oxygens (including phenoxy) is 18. The van der Waals surface area contributed by atoms with Crippen LogP contribution in [0.3, 0.4) is 0 Å². The predicted molar refractivity (Wildman–Crippen MR) is 533 cm³/mol. The van der Waals surface area contributed by atoms with Crippen molar-refractivity contribution in [3.8, 4) is 81.1 Å². The van der Waals surface area contributed by atoms with Gasteiger partial charge in [0.1, 0.15) is 6.29 Å². The van der Waals surface area contributed by atoms with Crippen molar-refractivity contribution >= 4 is 95.3 Å². The zero-order valence-corrected chi connectivity index (χ0v) is 92.8. The Hall–Kier alpha value is -7.03. The van der Waals surface area contributed by atoms with Gasteiger partial charge >= 0.3 is 65.1 Å². The van der Waals surface area contributed by atoms with Crippen molar-refractivity contribution < 1.29 is 186 Å². The third-order valence-corrected chi connectivity index (χ3v) is 26.8. The third-order valence-electron chi connectivity index (χ3n) is 24.7. The van der Waals surface area contributed by atoms with Crippen molar-refractivity contribution in [2.75, 3.05) is 252 Å². The van der Waals surface area contributed by atoms with Crippen LogP contribution in [-0.2, 0) is 76.3 Å². The number of aldehydes is 1. The average Bonchev–Trinajstić information content (AvgIpc) is 1.80. The normalized spacial score (nSPS) is 16.6. The number of carboxylic acids is 1. The summed E-state index contributed by atoms with van der Waals surface area (Å²) in [4.78, 5) is 49.8. The number of likely N-dealkylation sites (N-methyl/N-ethyl adjacent to an activating group) is 2. The molecule has 0 unspecified atom stereocenters. The van der Waals surface area contributed by atoms with Gasteiger partial charge in [0.15, 0.2) is 85.0 Å². The van der Waals surface area contributed by atoms with E-state index in [4.69, 9.17) is 134 Å². The molecule has 0 atom stereocenters. The zero-order valence-electron chi connectivity index (χ0n) is 83.5. The van der Waals surface area contributed by atoms with Crippen molar-refractivity contribution in [1.29, 1.82) is 10.5 Å². The largest absolute Gasteiger partial charge is 1.00 e. The molecule has 0 radical (unpaired) electrons. The van der Waals surface area contributed by atoms with Gasteiger partial charge in [-0.3, -0.25) is 9.59 Å². The Labute approximate surface area is 901 Å². The molecule has 760 valence electrons. The molecule has 0 spiro atoms. The molecule has 8 heterocycles. The molecule has 7 aromatic rings. The van der Waals surface area contributed by atoms with Crippen LogP contribution in [0.5, 0.6) is 69.0 Å². The third kappa shape index (κ3) is 36.3. The first kappa shape index (κ1) is 126. The maximum absolute atomic E-state index is 12.4. The van der Waals surface area contributed by atoms with Crippen LogP contribution in [0.25, 0.3) is 0 Å². The van der Waals surface area contributed by atoms with Crippen LogP contribution in [0.15, 0.2) is 115 Å². The SMILES string of the molecule is BrCCOCCBr.C.CN1CCN(C(N)=S)CC1.COc1ccc(C2(C#N)CCOCC2)cc1OC.COc1ccc(C2(C(=O)CCl)CCOCC2)cc1OC.COc1ccc(C2(C(=O)O)CCOCC2)cc1OC.COc1ccc(C2(C=O)CCOCC2)cc1OC.COc1ccc(C2(c3csc(N4CCN(C)CC4)n3)CCOCC2)cc1OC.COc1ccc(CC#N)cc1OC.[H-].[Na+].[Na+].[O-][Cl+][O-]. The summed E-state index contributed by atoms with van der Waals surface area (Å²) in [6.45, 7) is 16.0. The van der Waals surface area contributed by atoms with Crippen molar-refractivity contribution in [1.82, 2.24) is 19.7 Å². The minimum Gasteiger partial charge on any atom is -1.00 e. The second-order valence-corrected chi connectivity index (χ2v) is 35.2. The number of nitrogens with two attached hydrogens (primary N) is 1. The molecule has 7 aliphatic heterocycles. The van der Waals surface area contributed by atoms with Gasteiger partial charge in [-0.25, -0.2) is 4.98 Å². The quantitative estimate of drug-likeness (QED) is 0.0163. The van der Waals surface area contributed by atoms with Gasteiger partial charge in [0.05, 0.1) is 162 Å². The molecular weight excluding hydrogens is 2030 g/mol. The Morgan fingerprint density at radius 1 is 0.511 bits per heavy atom. The molecule has 3 N–H and O–H groups in total. The Balaban J connectivity index is 0.000000549. The van der Waals surface area contributed by atoms with E-state index in [0.29, 0.717) is 160 Å². The van der Waals surface area contributed by atoms with E-state index >= 15 is 0 Å². The number of aliphatic carboxylic acids is 1. The van der Waals surface area contributed by atoms with E-state index in [9.17, 15) is 24.8 Å². The predicted octanol–water partition coefficient (Wildman–Crippen LogP) is 7.05. The number of alkyl halides is 3. The summed E-state index contributed by atoms with van der Waals surface area (Å²) < 4.78 is 112. The average molecular weight is 2170 g/mol. The number of carboxylic acid groups (broad SMARTS) is 1. The van der Waals surface area contributed by atoms with Crippen LogP contribution in [0.1, 0.15) is 112 Å². The van der Waals surface area contributed by atoms with Crippen molar-refractivity contribution in [2.45, 2.75) is 105 Å². The number of aromatic nitrogens is 1. The second kappa shape index (κ2) is 67.6. The molecule has 0 amide bonds. The summed E-state index contributed by atoms with van der Waals surface area (Å²) in [5.74, 6) is 7.19. The molecule has 7 fully saturated rings. The minimum absolute atomic E-state index is 0. The van der Waals surface area contributed by atoms with Gasteiger partial charge in [-0.1, -0.05) is 75.7 Å². The van der Waals surface area contributed by atoms with E-state index in [1.807, 2.05) is 77.7 Å². The molecule has 32 nitrogen and oxygen atoms in total. The van der Waals surface area contributed by atoms with E-state index < -0.39 is 39.0 Å². The fourth-order valence-corrected chi connectivity index (χ4v) is 18.2. The van der Waals surface area contributed by atoms with Crippen molar-refractivity contribution in [3.63, 3.8) is 0 Å². The molecule has 14 rings (SSSR count). The Morgan fingerprint density at radius 3 is 1.22 bits per heavy atom. The van der Waals surface area contributed by atoms with Gasteiger partial charge < -0.3 is 131 Å². The number of rotatable bonds is 28. The van der Waals surface area contributed by atoms with Gasteiger partial charge in [-0.2, -0.15) is 10.5 Å². The number of hydrogen-bond acceptors (Lipinski definition) is 31. The van der Waals surface area contributed by atoms with Crippen LogP contribution in [0, 0.1) is 34.0 Å². The summed E-state index contributed by atoms with van der Waals surface area (Å²) in [6, 6.07) is 38.5. The number of anilines is 1. The molecule has 6 aromatic carbocycles. The maximum Gasteiger partial charge on any atom is 1.00 e. The number of piperazine rings is 2. The second-order valence-electron chi connectivity index (χ2n) is 32.0. The molecule has 0 aliphatic carbocycles. The summed E-state index contributed by atoms with van der Waals surface area (Å²) in [7, 11) is 23.5. The van der Waals surface area contributed by atoms with Crippen LogP contribution < -0.4 is 136 Å². The summed E-state index contributed by atoms with van der Waals surface area (Å²) in [5, 5.41) is 33.4. The molecule has 7 saturated heterocycles. The number of nitrogens with zero attached hydrogens (tertiary/aromatic N) is 7. The number of carbonyl (C=O) groups excluding carboxylic acids is 2. The van der Waals surface area contributed by atoms with E-state index in [1.54, 1.807) is 121 Å². The minimum atomic E-state index is -0.891. The fourth-order valence-electron chi connectivity index (χ4n) is 16.4. The van der Waals surface area contributed by atoms with Gasteiger partial charge in [0.2, 0.25) is 0 Å². The summed E-state index contributed by atoms with van der Waals surface area (Å²) >= 11 is 18.5. The fraction of sp³-hybridized carbons (Fsp3) is 0.545. The van der Waals surface area contributed by atoms with Crippen molar-refractivity contribution in [2.24, 2.45) is 5.73 Å². The molecule has 1 aromatic heterocycles. The zero-order chi connectivity index (χ0) is 99.5. The standard InChI is InChI=1S/C21H29N3O3S.C15H19ClO4.C14H17NO3.C14H18O5.C14H18O4.C10H11NO2.C6H13N3S.C4H8Br2O.CH4.ClO2.2Na.H/c1-23-8-10-24(11-9-23)20-22-19(15-28-20)21(6-12-27-13-7-21)16-4-5-17(25-2)18(14-16)26-3;1-18-12-4-3-11(9-13(12)19-2)15(14(17)10-16)5-7-20-8-6-15;1-16-12-4-3-11(9-13(12)17-2)14(10-15)5-7-18-8-6-14;1-17-11-4-3-10(9-12(11)18-2)14(13(15)16)5-7-19-8-6-14;1-16-12-4-3-11(9-13(12)17-2)14(10-15)5-7-18-8-6-14;1-12-9-4-3-8(5-6-11)7-10(9)13-2;1-8-2-4-9(5-3-8)6(7)10;5-1-3-7-4-2-6;;2-1-3;;;/h4-5,14-15H,6-13H2,1-3H3;3-4,9H,5-8,10H2,1-2H3;3-4,9H,5-8H2,1-2H3;3-4,9H,5-8H2,1-2H3,(H,15,16);3-4,9-10H,5-8H2,1-2H3;3-4,7H,5H2,1-2H3;2-5H2,1H3,(H2,7,10);1-4H2;1H4;;;;/q;;;;;;;;;-1;2*+1;-1. The Morgan fingerprint density at radius 2 is 0.842 bits per heavy atom. The van der Waals surface area contributed by atoms with E-state index in [2.05, 4.69) is 90.3 Å². The Kier molecular flexibility index (Phi) is 61.3. The maximum atomic E-state index is 12.4. The molecule has 0 bridgehead atoms.